The highest BCUT2D eigenvalue weighted by Crippen LogP contribution is 2.24. The molecule has 0 unspecified atom stereocenters. The average Bonchev–Trinajstić information content (AvgIpc) is 3.70. The largest absolute Gasteiger partial charge is 0.461 e. The first-order valence-electron chi connectivity index (χ1n) is 16.2. The van der Waals surface area contributed by atoms with E-state index in [9.17, 15) is 14.4 Å². The predicted molar refractivity (Wildman–Crippen MR) is 187 cm³/mol. The van der Waals surface area contributed by atoms with Gasteiger partial charge in [0.15, 0.2) is 0 Å². The number of nitrogens with zero attached hydrogens (tertiary/aromatic N) is 3. The Kier molecular flexibility index (Phi) is 15.9. The van der Waals surface area contributed by atoms with Crippen LogP contribution in [0.25, 0.3) is 11.0 Å². The lowest BCUT2D eigenvalue weighted by atomic mass is 10.2. The second-order valence-corrected chi connectivity index (χ2v) is 11.3. The molecule has 3 aromatic rings. The van der Waals surface area contributed by atoms with Crippen LogP contribution in [0.1, 0.15) is 65.5 Å². The summed E-state index contributed by atoms with van der Waals surface area (Å²) in [7, 11) is 0. The lowest BCUT2D eigenvalue weighted by Gasteiger charge is -2.23. The lowest BCUT2D eigenvalue weighted by molar-refractivity contribution is -0.139. The molecule has 2 aromatic carbocycles. The molecule has 3 N–H and O–H groups in total. The highest BCUT2D eigenvalue weighted by atomic mass is 16.5. The Bertz CT molecular complexity index is 1470. The van der Waals surface area contributed by atoms with E-state index in [2.05, 4.69) is 23.2 Å². The number of amides is 3. The van der Waals surface area contributed by atoms with Gasteiger partial charge in [0.2, 0.25) is 17.8 Å². The summed E-state index contributed by atoms with van der Waals surface area (Å²) >= 11 is 0. The SMILES string of the molecule is C#C.Cc1cc2cc(N=C(N)NC(=O)OCCCCOCc3ccccc3)ccc2o1.O=C(CN1CCCCCC1=O)N1CCCC1.[HH].[HH]. The van der Waals surface area contributed by atoms with Gasteiger partial charge in [-0.2, -0.15) is 0 Å². The zero-order chi connectivity index (χ0) is 33.9. The van der Waals surface area contributed by atoms with Crippen molar-refractivity contribution in [3.8, 4) is 12.8 Å². The van der Waals surface area contributed by atoms with Gasteiger partial charge < -0.3 is 29.4 Å². The van der Waals surface area contributed by atoms with Gasteiger partial charge in [-0.1, -0.05) is 36.8 Å². The first-order valence-corrected chi connectivity index (χ1v) is 16.2. The van der Waals surface area contributed by atoms with Crippen LogP contribution in [0.15, 0.2) is 64.0 Å². The fourth-order valence-electron chi connectivity index (χ4n) is 5.21. The van der Waals surface area contributed by atoms with Crippen molar-refractivity contribution < 1.29 is 31.1 Å². The highest BCUT2D eigenvalue weighted by molar-refractivity contribution is 5.94. The number of likely N-dealkylation sites (tertiary alicyclic amines) is 2. The highest BCUT2D eigenvalue weighted by Gasteiger charge is 2.23. The maximum atomic E-state index is 11.9. The minimum absolute atomic E-state index is 0. The van der Waals surface area contributed by atoms with E-state index in [-0.39, 0.29) is 27.2 Å². The summed E-state index contributed by atoms with van der Waals surface area (Å²) in [5.74, 6) is 1.08. The van der Waals surface area contributed by atoms with Crippen LogP contribution in [0.3, 0.4) is 0 Å². The number of furan rings is 1. The van der Waals surface area contributed by atoms with Crippen molar-refractivity contribution in [1.82, 2.24) is 15.1 Å². The molecule has 5 rings (SSSR count). The van der Waals surface area contributed by atoms with Gasteiger partial charge in [0, 0.05) is 40.9 Å². The van der Waals surface area contributed by atoms with Gasteiger partial charge in [0.05, 0.1) is 25.4 Å². The minimum Gasteiger partial charge on any atom is -0.461 e. The average molecular weight is 650 g/mol. The van der Waals surface area contributed by atoms with Crippen LogP contribution >= 0.6 is 0 Å². The zero-order valence-corrected chi connectivity index (χ0v) is 27.3. The van der Waals surface area contributed by atoms with Crippen molar-refractivity contribution >= 4 is 40.5 Å². The molecule has 0 saturated carbocycles. The Hall–Kier alpha value is -4.82. The molecule has 0 radical (unpaired) electrons. The van der Waals surface area contributed by atoms with Crippen molar-refractivity contribution in [1.29, 1.82) is 0 Å². The van der Waals surface area contributed by atoms with Gasteiger partial charge in [0.1, 0.15) is 11.3 Å². The predicted octanol–water partition coefficient (Wildman–Crippen LogP) is 6.16. The molecule has 256 valence electrons. The molecular formula is C36H51N5O6. The summed E-state index contributed by atoms with van der Waals surface area (Å²) in [6, 6.07) is 17.3. The van der Waals surface area contributed by atoms with Gasteiger partial charge in [0.25, 0.3) is 0 Å². The number of benzene rings is 2. The smallest absolute Gasteiger partial charge is 0.413 e. The number of carbonyl (C=O) groups excluding carboxylic acids is 3. The number of hydrogen-bond acceptors (Lipinski definition) is 7. The molecule has 1 aromatic heterocycles. The van der Waals surface area contributed by atoms with Crippen LogP contribution in [0, 0.1) is 19.8 Å². The Morgan fingerprint density at radius 2 is 1.70 bits per heavy atom. The molecule has 0 spiro atoms. The number of nitrogens with one attached hydrogen (secondary N) is 1. The molecule has 2 aliphatic rings. The fraction of sp³-hybridized carbons (Fsp3) is 0.444. The molecule has 3 amide bonds. The monoisotopic (exact) mass is 649 g/mol. The standard InChI is InChI=1S/C22H25N3O4.C12H20N2O2.C2H2.2H2/c1-16-13-18-14-19(9-10-20(18)29-16)24-21(23)25-22(26)28-12-6-5-11-27-15-17-7-3-2-4-8-17;15-11-6-2-1-3-9-14(11)10-12(16)13-7-4-5-8-13;1-2;;/h2-4,7-10,13-14H,5-6,11-12,15H2,1H3,(H3,23,24,25,26);1-10H2;1-2H;2*1H. The molecule has 47 heavy (non-hydrogen) atoms. The first kappa shape index (κ1) is 36.6. The molecular weight excluding hydrogens is 598 g/mol. The van der Waals surface area contributed by atoms with Gasteiger partial charge in [-0.15, -0.1) is 12.8 Å². The van der Waals surface area contributed by atoms with Crippen LogP contribution in [-0.4, -0.2) is 73.1 Å². The molecule has 2 fully saturated rings. The zero-order valence-electron chi connectivity index (χ0n) is 27.3. The van der Waals surface area contributed by atoms with Crippen molar-refractivity contribution in [2.45, 2.75) is 64.9 Å². The molecule has 11 heteroatoms. The van der Waals surface area contributed by atoms with E-state index in [0.29, 0.717) is 38.3 Å². The number of terminal acetylenes is 1. The van der Waals surface area contributed by atoms with E-state index in [1.165, 1.54) is 0 Å². The normalized spacial score (nSPS) is 14.8. The van der Waals surface area contributed by atoms with Crippen LogP contribution < -0.4 is 11.1 Å². The van der Waals surface area contributed by atoms with E-state index >= 15 is 0 Å². The molecule has 0 aliphatic carbocycles. The van der Waals surface area contributed by atoms with Crippen LogP contribution in [0.2, 0.25) is 0 Å². The van der Waals surface area contributed by atoms with Crippen LogP contribution in [0.5, 0.6) is 0 Å². The second-order valence-electron chi connectivity index (χ2n) is 11.3. The molecule has 2 saturated heterocycles. The number of carbonyl (C=O) groups is 3. The van der Waals surface area contributed by atoms with Gasteiger partial charge >= 0.3 is 6.09 Å². The Morgan fingerprint density at radius 3 is 2.47 bits per heavy atom. The third-order valence-electron chi connectivity index (χ3n) is 7.59. The van der Waals surface area contributed by atoms with Crippen molar-refractivity contribution in [2.24, 2.45) is 10.7 Å². The number of nitrogens with two attached hydrogens (primary N) is 1. The number of aliphatic imine (C=N–C) groups is 1. The number of hydrogen-bond donors (Lipinski definition) is 2. The van der Waals surface area contributed by atoms with Crippen molar-refractivity contribution in [3.05, 3.63) is 65.9 Å². The fourth-order valence-corrected chi connectivity index (χ4v) is 5.21. The Labute approximate surface area is 280 Å². The van der Waals surface area contributed by atoms with Crippen molar-refractivity contribution in [2.75, 3.05) is 39.4 Å². The number of aryl methyl sites for hydroxylation is 1. The summed E-state index contributed by atoms with van der Waals surface area (Å²) < 4.78 is 16.2. The minimum atomic E-state index is -0.628. The number of guanidine groups is 1. The van der Waals surface area contributed by atoms with E-state index in [1.54, 1.807) is 11.0 Å². The summed E-state index contributed by atoms with van der Waals surface area (Å²) in [5.41, 5.74) is 8.31. The van der Waals surface area contributed by atoms with Crippen LogP contribution in [-0.2, 0) is 25.7 Å². The summed E-state index contributed by atoms with van der Waals surface area (Å²) in [5, 5.41) is 3.34. The third kappa shape index (κ3) is 13.2. The van der Waals surface area contributed by atoms with E-state index in [0.717, 1.165) is 80.5 Å². The van der Waals surface area contributed by atoms with Gasteiger partial charge in [-0.05, 0) is 75.3 Å². The summed E-state index contributed by atoms with van der Waals surface area (Å²) in [6.45, 7) is 6.18. The number of ether oxygens (including phenoxy) is 2. The maximum absolute atomic E-state index is 11.9. The Morgan fingerprint density at radius 1 is 0.979 bits per heavy atom. The summed E-state index contributed by atoms with van der Waals surface area (Å²) in [4.78, 5) is 43.2. The quantitative estimate of drug-likeness (QED) is 0.116. The number of rotatable bonds is 10. The topological polar surface area (TPSA) is 140 Å². The summed E-state index contributed by atoms with van der Waals surface area (Å²) in [6.07, 6.45) is 14.8. The molecule has 2 aliphatic heterocycles. The first-order chi connectivity index (χ1) is 22.9. The number of alkyl carbamates (subject to hydrolysis) is 1. The maximum Gasteiger partial charge on any atom is 0.413 e. The Balaban J connectivity index is 0.000000511. The molecule has 0 atom stereocenters. The molecule has 3 heterocycles. The van der Waals surface area contributed by atoms with E-state index < -0.39 is 6.09 Å². The number of fused-ring (bicyclic) bond motifs is 1. The van der Waals surface area contributed by atoms with E-state index in [1.807, 2.05) is 60.4 Å². The third-order valence-corrected chi connectivity index (χ3v) is 7.59. The van der Waals surface area contributed by atoms with Gasteiger partial charge in [-0.25, -0.2) is 9.79 Å². The van der Waals surface area contributed by atoms with Gasteiger partial charge in [-0.3, -0.25) is 14.9 Å². The van der Waals surface area contributed by atoms with E-state index in [4.69, 9.17) is 19.6 Å². The van der Waals surface area contributed by atoms with Crippen molar-refractivity contribution in [3.63, 3.8) is 0 Å². The molecule has 0 bridgehead atoms. The second kappa shape index (κ2) is 20.3. The molecule has 11 nitrogen and oxygen atoms in total. The van der Waals surface area contributed by atoms with Crippen LogP contribution in [0.4, 0.5) is 10.5 Å². The lowest BCUT2D eigenvalue weighted by Crippen LogP contribution is -2.41. The number of unbranched alkanes of at least 4 members (excludes halogenated alkanes) is 1.